The monoisotopic (exact) mass is 311 g/mol. The average Bonchev–Trinajstić information content (AvgIpc) is 2.29. The molecule has 1 N–H and O–H groups in total. The third-order valence-electron chi connectivity index (χ3n) is 2.07. The van der Waals surface area contributed by atoms with Crippen molar-refractivity contribution < 1.29 is 41.3 Å². The van der Waals surface area contributed by atoms with Crippen molar-refractivity contribution in [3.05, 3.63) is 23.3 Å². The van der Waals surface area contributed by atoms with Gasteiger partial charge in [0, 0.05) is 5.56 Å². The minimum Gasteiger partial charge on any atom is -0.481 e. The van der Waals surface area contributed by atoms with Gasteiger partial charge in [-0.1, -0.05) is 0 Å². The molecule has 0 aromatic heterocycles. The summed E-state index contributed by atoms with van der Waals surface area (Å²) in [5.41, 5.74) is -1.21. The SMILES string of the molecule is N#Cc1cc(OC(F)F)c(CC(=O)O)c(OC(F)(F)F)c1. The molecule has 0 unspecified atom stereocenters. The van der Waals surface area contributed by atoms with Gasteiger partial charge in [-0.15, -0.1) is 13.2 Å². The molecule has 1 rings (SSSR count). The summed E-state index contributed by atoms with van der Waals surface area (Å²) in [6.45, 7) is -3.41. The molecule has 0 saturated carbocycles. The van der Waals surface area contributed by atoms with E-state index >= 15 is 0 Å². The molecule has 0 saturated heterocycles. The largest absolute Gasteiger partial charge is 0.573 e. The van der Waals surface area contributed by atoms with E-state index in [1.54, 1.807) is 0 Å². The summed E-state index contributed by atoms with van der Waals surface area (Å²) in [4.78, 5) is 10.6. The summed E-state index contributed by atoms with van der Waals surface area (Å²) < 4.78 is 68.7. The second-order valence-corrected chi connectivity index (χ2v) is 3.56. The maximum atomic E-state index is 12.2. The fraction of sp³-hybridized carbons (Fsp3) is 0.273. The molecule has 0 atom stereocenters. The van der Waals surface area contributed by atoms with Gasteiger partial charge in [-0.3, -0.25) is 4.79 Å². The minimum atomic E-state index is -5.19. The fourth-order valence-corrected chi connectivity index (χ4v) is 1.43. The molecule has 10 heteroatoms. The molecule has 0 bridgehead atoms. The summed E-state index contributed by atoms with van der Waals surface area (Å²) in [6, 6.07) is 2.72. The number of rotatable bonds is 5. The van der Waals surface area contributed by atoms with Crippen LogP contribution in [0.25, 0.3) is 0 Å². The van der Waals surface area contributed by atoms with Crippen LogP contribution < -0.4 is 9.47 Å². The topological polar surface area (TPSA) is 79.5 Å². The Bertz CT molecular complexity index is 579. The molecule has 114 valence electrons. The average molecular weight is 311 g/mol. The highest BCUT2D eigenvalue weighted by Crippen LogP contribution is 2.35. The van der Waals surface area contributed by atoms with Gasteiger partial charge >= 0.3 is 18.9 Å². The molecule has 5 nitrogen and oxygen atoms in total. The number of alkyl halides is 5. The summed E-state index contributed by atoms with van der Waals surface area (Å²) in [5, 5.41) is 17.3. The van der Waals surface area contributed by atoms with E-state index in [0.29, 0.717) is 12.1 Å². The first-order valence-electron chi connectivity index (χ1n) is 5.11. The third-order valence-corrected chi connectivity index (χ3v) is 2.07. The van der Waals surface area contributed by atoms with Crippen molar-refractivity contribution in [2.24, 2.45) is 0 Å². The van der Waals surface area contributed by atoms with Crippen molar-refractivity contribution in [3.8, 4) is 17.6 Å². The molecule has 0 heterocycles. The van der Waals surface area contributed by atoms with Gasteiger partial charge in [0.2, 0.25) is 0 Å². The van der Waals surface area contributed by atoms with Gasteiger partial charge in [0.1, 0.15) is 11.5 Å². The minimum absolute atomic E-state index is 0.459. The van der Waals surface area contributed by atoms with Crippen LogP contribution in [-0.4, -0.2) is 24.0 Å². The van der Waals surface area contributed by atoms with Crippen molar-refractivity contribution in [1.82, 2.24) is 0 Å². The molecular formula is C11H6F5NO4. The molecule has 1 aromatic rings. The van der Waals surface area contributed by atoms with Crippen molar-refractivity contribution in [2.75, 3.05) is 0 Å². The highest BCUT2D eigenvalue weighted by molar-refractivity contribution is 5.73. The Labute approximate surface area is 114 Å². The zero-order valence-electron chi connectivity index (χ0n) is 9.95. The van der Waals surface area contributed by atoms with Gasteiger partial charge in [-0.25, -0.2) is 0 Å². The van der Waals surface area contributed by atoms with Crippen molar-refractivity contribution >= 4 is 5.97 Å². The second-order valence-electron chi connectivity index (χ2n) is 3.56. The summed E-state index contributed by atoms with van der Waals surface area (Å²) in [6.07, 6.45) is -6.25. The van der Waals surface area contributed by atoms with Crippen molar-refractivity contribution in [3.63, 3.8) is 0 Å². The molecule has 0 amide bonds. The Hall–Kier alpha value is -2.57. The lowest BCUT2D eigenvalue weighted by molar-refractivity contribution is -0.275. The number of carboxylic acid groups (broad SMARTS) is 1. The Kier molecular flexibility index (Phi) is 4.91. The Morgan fingerprint density at radius 3 is 2.33 bits per heavy atom. The van der Waals surface area contributed by atoms with Gasteiger partial charge in [0.15, 0.2) is 0 Å². The van der Waals surface area contributed by atoms with Crippen LogP contribution in [0.5, 0.6) is 11.5 Å². The Morgan fingerprint density at radius 1 is 1.33 bits per heavy atom. The van der Waals surface area contributed by atoms with Gasteiger partial charge in [0.25, 0.3) is 0 Å². The van der Waals surface area contributed by atoms with E-state index in [4.69, 9.17) is 10.4 Å². The van der Waals surface area contributed by atoms with Gasteiger partial charge < -0.3 is 14.6 Å². The number of nitriles is 1. The normalized spacial score (nSPS) is 11.1. The van der Waals surface area contributed by atoms with E-state index in [1.807, 2.05) is 0 Å². The molecular weight excluding hydrogens is 305 g/mol. The van der Waals surface area contributed by atoms with Crippen LogP contribution in [0, 0.1) is 11.3 Å². The Balaban J connectivity index is 3.42. The van der Waals surface area contributed by atoms with E-state index < -0.39 is 48.0 Å². The second kappa shape index (κ2) is 6.25. The number of ether oxygens (including phenoxy) is 2. The van der Waals surface area contributed by atoms with E-state index in [-0.39, 0.29) is 0 Å². The predicted octanol–water partition coefficient (Wildman–Crippen LogP) is 2.69. The number of hydrogen-bond acceptors (Lipinski definition) is 4. The van der Waals surface area contributed by atoms with Crippen molar-refractivity contribution in [1.29, 1.82) is 5.26 Å². The summed E-state index contributed by atoms with van der Waals surface area (Å²) in [5.74, 6) is -3.55. The highest BCUT2D eigenvalue weighted by atomic mass is 19.4. The maximum absolute atomic E-state index is 12.2. The molecule has 21 heavy (non-hydrogen) atoms. The molecule has 0 aliphatic carbocycles. The molecule has 0 spiro atoms. The molecule has 1 aromatic carbocycles. The number of carboxylic acids is 1. The lowest BCUT2D eigenvalue weighted by atomic mass is 10.1. The van der Waals surface area contributed by atoms with Crippen LogP contribution >= 0.6 is 0 Å². The van der Waals surface area contributed by atoms with E-state index in [1.165, 1.54) is 6.07 Å². The van der Waals surface area contributed by atoms with Gasteiger partial charge in [-0.05, 0) is 12.1 Å². The van der Waals surface area contributed by atoms with E-state index in [2.05, 4.69) is 9.47 Å². The van der Waals surface area contributed by atoms with Gasteiger partial charge in [0.05, 0.1) is 18.1 Å². The first-order chi connectivity index (χ1) is 9.62. The number of aliphatic carboxylic acids is 1. The lowest BCUT2D eigenvalue weighted by Crippen LogP contribution is -2.19. The van der Waals surface area contributed by atoms with Gasteiger partial charge in [-0.2, -0.15) is 14.0 Å². The van der Waals surface area contributed by atoms with Crippen LogP contribution in [0.2, 0.25) is 0 Å². The van der Waals surface area contributed by atoms with Crippen LogP contribution in [0.3, 0.4) is 0 Å². The fourth-order valence-electron chi connectivity index (χ4n) is 1.43. The number of carbonyl (C=O) groups is 1. The number of hydrogen-bond donors (Lipinski definition) is 1. The quantitative estimate of drug-likeness (QED) is 0.846. The highest BCUT2D eigenvalue weighted by Gasteiger charge is 2.33. The third kappa shape index (κ3) is 5.13. The number of halogens is 5. The zero-order chi connectivity index (χ0) is 16.2. The number of nitrogens with zero attached hydrogens (tertiary/aromatic N) is 1. The molecule has 0 aliphatic heterocycles. The zero-order valence-corrected chi connectivity index (χ0v) is 9.95. The first-order valence-corrected chi connectivity index (χ1v) is 5.11. The molecule has 0 fully saturated rings. The molecule has 0 radical (unpaired) electrons. The van der Waals surface area contributed by atoms with Crippen LogP contribution in [0.1, 0.15) is 11.1 Å². The van der Waals surface area contributed by atoms with Crippen molar-refractivity contribution in [2.45, 2.75) is 19.4 Å². The van der Waals surface area contributed by atoms with Crippen LogP contribution in [-0.2, 0) is 11.2 Å². The predicted molar refractivity (Wildman–Crippen MR) is 55.8 cm³/mol. The van der Waals surface area contributed by atoms with E-state index in [0.717, 1.165) is 0 Å². The first kappa shape index (κ1) is 16.5. The molecule has 0 aliphatic rings. The summed E-state index contributed by atoms with van der Waals surface area (Å²) in [7, 11) is 0. The lowest BCUT2D eigenvalue weighted by Gasteiger charge is -2.16. The van der Waals surface area contributed by atoms with Crippen LogP contribution in [0.4, 0.5) is 22.0 Å². The Morgan fingerprint density at radius 2 is 1.90 bits per heavy atom. The smallest absolute Gasteiger partial charge is 0.481 e. The number of benzene rings is 1. The van der Waals surface area contributed by atoms with E-state index in [9.17, 15) is 26.7 Å². The summed E-state index contributed by atoms with van der Waals surface area (Å²) >= 11 is 0. The maximum Gasteiger partial charge on any atom is 0.573 e. The van der Waals surface area contributed by atoms with Crippen LogP contribution in [0.15, 0.2) is 12.1 Å². The standard InChI is InChI=1S/C11H6F5NO4/c12-10(13)20-7-1-5(4-17)2-8(21-11(14,15)16)6(7)3-9(18)19/h1-2,10H,3H2,(H,18,19).